The summed E-state index contributed by atoms with van der Waals surface area (Å²) in [7, 11) is 0. The van der Waals surface area contributed by atoms with Crippen molar-refractivity contribution in [3.63, 3.8) is 0 Å². The number of aromatic carboxylic acids is 1. The molecule has 1 heterocycles. The van der Waals surface area contributed by atoms with Crippen LogP contribution >= 0.6 is 0 Å². The van der Waals surface area contributed by atoms with Gasteiger partial charge in [-0.3, -0.25) is 10.1 Å². The number of hydrogen-bond acceptors (Lipinski definition) is 3. The summed E-state index contributed by atoms with van der Waals surface area (Å²) in [5, 5.41) is 19.4. The van der Waals surface area contributed by atoms with Crippen LogP contribution in [0.5, 0.6) is 0 Å². The quantitative estimate of drug-likeness (QED) is 0.642. The maximum atomic E-state index is 10.9. The molecule has 6 nitrogen and oxygen atoms in total. The number of non-ortho nitro benzene ring substituents is 1. The number of carboxylic acid groups (broad SMARTS) is 1. The molecule has 0 aliphatic heterocycles. The van der Waals surface area contributed by atoms with Crippen molar-refractivity contribution < 1.29 is 14.8 Å². The molecule has 0 atom stereocenters. The lowest BCUT2D eigenvalue weighted by atomic mass is 10.1. The Bertz CT molecular complexity index is 614. The monoisotopic (exact) mass is 246 g/mol. The van der Waals surface area contributed by atoms with Crippen LogP contribution in [0, 0.1) is 17.0 Å². The number of nitro benzene ring substituents is 1. The minimum absolute atomic E-state index is 0.000450. The second-order valence-electron chi connectivity index (χ2n) is 3.83. The normalized spacial score (nSPS) is 10.3. The van der Waals surface area contributed by atoms with E-state index < -0.39 is 10.9 Å². The third kappa shape index (κ3) is 2.08. The van der Waals surface area contributed by atoms with Gasteiger partial charge in [-0.15, -0.1) is 0 Å². The standard InChI is InChI=1S/C12H10N2O4/c1-7-10(12(15)16)6-11(13-7)8-2-4-9(5-3-8)14(17)18/h2-6,13H,1H3,(H,15,16). The van der Waals surface area contributed by atoms with Gasteiger partial charge >= 0.3 is 5.97 Å². The average molecular weight is 246 g/mol. The van der Waals surface area contributed by atoms with Gasteiger partial charge in [0.2, 0.25) is 0 Å². The Balaban J connectivity index is 2.40. The number of H-pyrrole nitrogens is 1. The number of rotatable bonds is 3. The molecule has 0 aliphatic carbocycles. The van der Waals surface area contributed by atoms with E-state index in [1.54, 1.807) is 19.1 Å². The molecule has 1 aromatic carbocycles. The van der Waals surface area contributed by atoms with Crippen LogP contribution in [0.4, 0.5) is 5.69 Å². The van der Waals surface area contributed by atoms with Crippen LogP contribution < -0.4 is 0 Å². The van der Waals surface area contributed by atoms with Crippen LogP contribution in [0.1, 0.15) is 16.1 Å². The van der Waals surface area contributed by atoms with Gasteiger partial charge in [0.15, 0.2) is 0 Å². The third-order valence-electron chi connectivity index (χ3n) is 2.63. The van der Waals surface area contributed by atoms with E-state index in [2.05, 4.69) is 4.98 Å². The molecule has 92 valence electrons. The number of benzene rings is 1. The van der Waals surface area contributed by atoms with Crippen molar-refractivity contribution in [3.05, 3.63) is 51.7 Å². The molecule has 0 saturated carbocycles. The Morgan fingerprint density at radius 2 is 1.94 bits per heavy atom. The summed E-state index contributed by atoms with van der Waals surface area (Å²) in [5.41, 5.74) is 2.08. The molecule has 0 spiro atoms. The van der Waals surface area contributed by atoms with Crippen molar-refractivity contribution >= 4 is 11.7 Å². The summed E-state index contributed by atoms with van der Waals surface area (Å²) < 4.78 is 0. The van der Waals surface area contributed by atoms with E-state index >= 15 is 0 Å². The highest BCUT2D eigenvalue weighted by Crippen LogP contribution is 2.24. The lowest BCUT2D eigenvalue weighted by Gasteiger charge is -1.97. The number of nitro groups is 1. The van der Waals surface area contributed by atoms with Crippen molar-refractivity contribution in [3.8, 4) is 11.3 Å². The van der Waals surface area contributed by atoms with E-state index in [-0.39, 0.29) is 11.3 Å². The number of aromatic amines is 1. The van der Waals surface area contributed by atoms with Crippen LogP contribution in [-0.4, -0.2) is 21.0 Å². The maximum Gasteiger partial charge on any atom is 0.337 e. The van der Waals surface area contributed by atoms with E-state index in [9.17, 15) is 14.9 Å². The molecule has 6 heteroatoms. The lowest BCUT2D eigenvalue weighted by molar-refractivity contribution is -0.384. The van der Waals surface area contributed by atoms with Crippen LogP contribution in [0.25, 0.3) is 11.3 Å². The zero-order chi connectivity index (χ0) is 13.3. The molecule has 2 N–H and O–H groups in total. The van der Waals surface area contributed by atoms with Crippen molar-refractivity contribution in [2.24, 2.45) is 0 Å². The smallest absolute Gasteiger partial charge is 0.337 e. The van der Waals surface area contributed by atoms with E-state index in [0.717, 1.165) is 0 Å². The average Bonchev–Trinajstić information content (AvgIpc) is 2.71. The van der Waals surface area contributed by atoms with E-state index in [1.165, 1.54) is 18.2 Å². The van der Waals surface area contributed by atoms with Gasteiger partial charge in [0, 0.05) is 23.5 Å². The molecule has 0 aliphatic rings. The molecule has 1 aromatic heterocycles. The summed E-state index contributed by atoms with van der Waals surface area (Å²) in [6, 6.07) is 7.43. The molecule has 0 saturated heterocycles. The Labute approximate surface area is 102 Å². The zero-order valence-corrected chi connectivity index (χ0v) is 9.51. The molecule has 18 heavy (non-hydrogen) atoms. The van der Waals surface area contributed by atoms with Crippen LogP contribution in [-0.2, 0) is 0 Å². The van der Waals surface area contributed by atoms with Crippen LogP contribution in [0.2, 0.25) is 0 Å². The fraction of sp³-hybridized carbons (Fsp3) is 0.0833. The van der Waals surface area contributed by atoms with Gasteiger partial charge < -0.3 is 10.1 Å². The number of nitrogens with zero attached hydrogens (tertiary/aromatic N) is 1. The van der Waals surface area contributed by atoms with Crippen molar-refractivity contribution in [2.75, 3.05) is 0 Å². The first-order valence-corrected chi connectivity index (χ1v) is 5.17. The zero-order valence-electron chi connectivity index (χ0n) is 9.51. The van der Waals surface area contributed by atoms with Gasteiger partial charge in [0.05, 0.1) is 10.5 Å². The Morgan fingerprint density at radius 3 is 2.39 bits per heavy atom. The summed E-state index contributed by atoms with van der Waals surface area (Å²) in [5.74, 6) is -1.00. The lowest BCUT2D eigenvalue weighted by Crippen LogP contribution is -1.95. The molecule has 0 amide bonds. The van der Waals surface area contributed by atoms with Crippen LogP contribution in [0.15, 0.2) is 30.3 Å². The summed E-state index contributed by atoms with van der Waals surface area (Å²) in [6.07, 6.45) is 0. The predicted molar refractivity (Wildman–Crippen MR) is 64.6 cm³/mol. The predicted octanol–water partition coefficient (Wildman–Crippen LogP) is 2.60. The van der Waals surface area contributed by atoms with Gasteiger partial charge in [0.25, 0.3) is 5.69 Å². The Hall–Kier alpha value is -2.63. The minimum atomic E-state index is -1.00. The number of aromatic nitrogens is 1. The van der Waals surface area contributed by atoms with Crippen LogP contribution in [0.3, 0.4) is 0 Å². The maximum absolute atomic E-state index is 10.9. The van der Waals surface area contributed by atoms with Gasteiger partial charge in [-0.25, -0.2) is 4.79 Å². The highest BCUT2D eigenvalue weighted by Gasteiger charge is 2.13. The summed E-state index contributed by atoms with van der Waals surface area (Å²) in [4.78, 5) is 23.9. The van der Waals surface area contributed by atoms with Crippen molar-refractivity contribution in [2.45, 2.75) is 6.92 Å². The SMILES string of the molecule is Cc1[nH]c(-c2ccc([N+](=O)[O-])cc2)cc1C(=O)O. The number of aryl methyl sites for hydroxylation is 1. The van der Waals surface area contributed by atoms with E-state index in [0.29, 0.717) is 17.0 Å². The van der Waals surface area contributed by atoms with E-state index in [1.807, 2.05) is 0 Å². The molecule has 0 radical (unpaired) electrons. The first-order valence-electron chi connectivity index (χ1n) is 5.17. The molecular formula is C12H10N2O4. The number of hydrogen-bond donors (Lipinski definition) is 2. The molecule has 0 bridgehead atoms. The number of carboxylic acids is 1. The Morgan fingerprint density at radius 1 is 1.33 bits per heavy atom. The fourth-order valence-electron chi connectivity index (χ4n) is 1.70. The van der Waals surface area contributed by atoms with Crippen molar-refractivity contribution in [1.29, 1.82) is 0 Å². The van der Waals surface area contributed by atoms with Gasteiger partial charge in [-0.2, -0.15) is 0 Å². The van der Waals surface area contributed by atoms with Crippen molar-refractivity contribution in [1.82, 2.24) is 4.98 Å². The number of carbonyl (C=O) groups is 1. The first kappa shape index (κ1) is 11.8. The Kier molecular flexibility index (Phi) is 2.85. The molecule has 0 unspecified atom stereocenters. The second-order valence-corrected chi connectivity index (χ2v) is 3.83. The topological polar surface area (TPSA) is 96.2 Å². The number of nitrogens with one attached hydrogen (secondary N) is 1. The van der Waals surface area contributed by atoms with Gasteiger partial charge in [-0.1, -0.05) is 0 Å². The van der Waals surface area contributed by atoms with Gasteiger partial charge in [0.1, 0.15) is 0 Å². The minimum Gasteiger partial charge on any atom is -0.478 e. The molecule has 0 fully saturated rings. The summed E-state index contributed by atoms with van der Waals surface area (Å²) >= 11 is 0. The van der Waals surface area contributed by atoms with E-state index in [4.69, 9.17) is 5.11 Å². The van der Waals surface area contributed by atoms with Gasteiger partial charge in [-0.05, 0) is 30.7 Å². The summed E-state index contributed by atoms with van der Waals surface area (Å²) in [6.45, 7) is 1.67. The fourth-order valence-corrected chi connectivity index (χ4v) is 1.70. The molecule has 2 rings (SSSR count). The highest BCUT2D eigenvalue weighted by molar-refractivity contribution is 5.90. The second kappa shape index (κ2) is 4.33. The molecular weight excluding hydrogens is 236 g/mol. The highest BCUT2D eigenvalue weighted by atomic mass is 16.6. The third-order valence-corrected chi connectivity index (χ3v) is 2.63. The largest absolute Gasteiger partial charge is 0.478 e. The molecule has 2 aromatic rings. The first-order chi connectivity index (χ1) is 8.49.